The van der Waals surface area contributed by atoms with E-state index in [0.29, 0.717) is 24.3 Å². The summed E-state index contributed by atoms with van der Waals surface area (Å²) in [5.74, 6) is 1.40. The van der Waals surface area contributed by atoms with Crippen molar-refractivity contribution in [2.75, 3.05) is 32.6 Å². The third-order valence-corrected chi connectivity index (χ3v) is 5.15. The second-order valence-electron chi connectivity index (χ2n) is 7.27. The molecule has 150 valence electrons. The highest BCUT2D eigenvalue weighted by Gasteiger charge is 2.11. The van der Waals surface area contributed by atoms with E-state index in [0.717, 1.165) is 17.8 Å². The quantitative estimate of drug-likeness (QED) is 0.741. The first-order chi connectivity index (χ1) is 13.7. The number of rotatable bonds is 8. The molecule has 0 spiro atoms. The van der Waals surface area contributed by atoms with Crippen LogP contribution in [0.3, 0.4) is 0 Å². The van der Waals surface area contributed by atoms with Crippen LogP contribution >= 0.6 is 0 Å². The lowest BCUT2D eigenvalue weighted by Crippen LogP contribution is -2.29. The van der Waals surface area contributed by atoms with Crippen LogP contribution in [0.4, 0.5) is 5.69 Å². The van der Waals surface area contributed by atoms with E-state index in [2.05, 4.69) is 22.3 Å². The molecule has 0 radical (unpaired) electrons. The lowest BCUT2D eigenvalue weighted by Gasteiger charge is -2.26. The largest absolute Gasteiger partial charge is 0.493 e. The molecule has 3 rings (SSSR count). The minimum atomic E-state index is 0.0184. The van der Waals surface area contributed by atoms with Crippen LogP contribution < -0.4 is 14.8 Å². The highest BCUT2D eigenvalue weighted by molar-refractivity contribution is 5.90. The van der Waals surface area contributed by atoms with Gasteiger partial charge in [0.25, 0.3) is 0 Å². The Hall–Kier alpha value is -2.53. The van der Waals surface area contributed by atoms with E-state index < -0.39 is 0 Å². The van der Waals surface area contributed by atoms with Gasteiger partial charge in [-0.25, -0.2) is 0 Å². The third-order valence-electron chi connectivity index (χ3n) is 5.15. The molecule has 1 fully saturated rings. The van der Waals surface area contributed by atoms with Crippen LogP contribution in [0.1, 0.15) is 36.8 Å². The first-order valence-electron chi connectivity index (χ1n) is 10.00. The number of nitrogens with one attached hydrogen (secondary N) is 1. The van der Waals surface area contributed by atoms with Crippen LogP contribution in [-0.4, -0.2) is 38.1 Å². The molecule has 2 aromatic carbocycles. The van der Waals surface area contributed by atoms with E-state index >= 15 is 0 Å². The van der Waals surface area contributed by atoms with Gasteiger partial charge in [-0.15, -0.1) is 0 Å². The average Bonchev–Trinajstić information content (AvgIpc) is 2.73. The van der Waals surface area contributed by atoms with Crippen molar-refractivity contribution in [3.63, 3.8) is 0 Å². The molecule has 5 nitrogen and oxygen atoms in total. The molecule has 0 atom stereocenters. The Morgan fingerprint density at radius 3 is 2.50 bits per heavy atom. The van der Waals surface area contributed by atoms with Gasteiger partial charge in [-0.05, 0) is 67.7 Å². The summed E-state index contributed by atoms with van der Waals surface area (Å²) >= 11 is 0. The molecule has 1 N–H and O–H groups in total. The molecule has 2 aromatic rings. The van der Waals surface area contributed by atoms with Gasteiger partial charge in [-0.1, -0.05) is 24.6 Å². The first-order valence-corrected chi connectivity index (χ1v) is 10.00. The minimum absolute atomic E-state index is 0.0184. The first kappa shape index (κ1) is 20.2. The fourth-order valence-corrected chi connectivity index (χ4v) is 3.64. The second kappa shape index (κ2) is 10.1. The summed E-state index contributed by atoms with van der Waals surface area (Å²) in [5, 5.41) is 3.03. The maximum Gasteiger partial charge on any atom is 0.224 e. The van der Waals surface area contributed by atoms with Gasteiger partial charge in [0.2, 0.25) is 5.91 Å². The van der Waals surface area contributed by atoms with Crippen molar-refractivity contribution >= 4 is 11.6 Å². The number of carbonyl (C=O) groups excluding carboxylic acids is 1. The summed E-state index contributed by atoms with van der Waals surface area (Å²) in [6.07, 6.45) is 4.98. The van der Waals surface area contributed by atoms with Gasteiger partial charge >= 0.3 is 0 Å². The Morgan fingerprint density at radius 2 is 1.75 bits per heavy atom. The molecule has 5 heteroatoms. The van der Waals surface area contributed by atoms with E-state index in [1.54, 1.807) is 14.2 Å². The summed E-state index contributed by atoms with van der Waals surface area (Å²) in [5.41, 5.74) is 3.16. The summed E-state index contributed by atoms with van der Waals surface area (Å²) in [6, 6.07) is 13.9. The van der Waals surface area contributed by atoms with Crippen molar-refractivity contribution in [1.82, 2.24) is 4.90 Å². The van der Waals surface area contributed by atoms with Crippen LogP contribution in [0.2, 0.25) is 0 Å². The van der Waals surface area contributed by atoms with Crippen LogP contribution in [0, 0.1) is 0 Å². The maximum absolute atomic E-state index is 12.4. The zero-order valence-electron chi connectivity index (χ0n) is 16.9. The van der Waals surface area contributed by atoms with Gasteiger partial charge in [-0.2, -0.15) is 0 Å². The number of amides is 1. The lowest BCUT2D eigenvalue weighted by atomic mass is 10.1. The Kier molecular flexibility index (Phi) is 7.31. The van der Waals surface area contributed by atoms with Crippen LogP contribution in [-0.2, 0) is 17.8 Å². The molecule has 0 aliphatic carbocycles. The van der Waals surface area contributed by atoms with Crippen LogP contribution in [0.15, 0.2) is 42.5 Å². The van der Waals surface area contributed by atoms with Gasteiger partial charge in [0.05, 0.1) is 14.2 Å². The molecule has 1 heterocycles. The number of hydrogen-bond acceptors (Lipinski definition) is 4. The Morgan fingerprint density at radius 1 is 0.964 bits per heavy atom. The number of aryl methyl sites for hydroxylation is 1. The SMILES string of the molecule is COc1ccc(CCC(=O)Nc2cccc(CN3CCCCC3)c2)cc1OC. The standard InChI is InChI=1S/C23H30N2O3/c1-27-21-11-9-18(16-22(21)28-2)10-12-23(26)24-20-8-6-7-19(15-20)17-25-13-4-3-5-14-25/h6-9,11,15-16H,3-5,10,12-14,17H2,1-2H3,(H,24,26). The molecule has 1 aliphatic heterocycles. The second-order valence-corrected chi connectivity index (χ2v) is 7.27. The van der Waals surface area contributed by atoms with Gasteiger partial charge in [-0.3, -0.25) is 9.69 Å². The monoisotopic (exact) mass is 382 g/mol. The molecule has 28 heavy (non-hydrogen) atoms. The normalized spacial score (nSPS) is 14.5. The minimum Gasteiger partial charge on any atom is -0.493 e. The Labute approximate surface area is 167 Å². The summed E-state index contributed by atoms with van der Waals surface area (Å²) in [4.78, 5) is 14.9. The molecule has 0 saturated carbocycles. The molecule has 0 bridgehead atoms. The van der Waals surface area contributed by atoms with Crippen molar-refractivity contribution < 1.29 is 14.3 Å². The predicted octanol–water partition coefficient (Wildman–Crippen LogP) is 4.26. The van der Waals surface area contributed by atoms with Crippen molar-refractivity contribution in [2.24, 2.45) is 0 Å². The van der Waals surface area contributed by atoms with Gasteiger partial charge in [0.15, 0.2) is 11.5 Å². The van der Waals surface area contributed by atoms with Crippen molar-refractivity contribution in [1.29, 1.82) is 0 Å². The number of ether oxygens (including phenoxy) is 2. The van der Waals surface area contributed by atoms with Gasteiger partial charge < -0.3 is 14.8 Å². The van der Waals surface area contributed by atoms with E-state index in [1.165, 1.54) is 37.9 Å². The molecular formula is C23H30N2O3. The smallest absolute Gasteiger partial charge is 0.224 e. The van der Waals surface area contributed by atoms with Crippen molar-refractivity contribution in [3.05, 3.63) is 53.6 Å². The van der Waals surface area contributed by atoms with Crippen LogP contribution in [0.25, 0.3) is 0 Å². The number of nitrogens with zero attached hydrogens (tertiary/aromatic N) is 1. The van der Waals surface area contributed by atoms with Crippen molar-refractivity contribution in [3.8, 4) is 11.5 Å². The highest BCUT2D eigenvalue weighted by atomic mass is 16.5. The van der Waals surface area contributed by atoms with Crippen LogP contribution in [0.5, 0.6) is 11.5 Å². The highest BCUT2D eigenvalue weighted by Crippen LogP contribution is 2.28. The number of carbonyl (C=O) groups is 1. The zero-order chi connectivity index (χ0) is 19.8. The molecule has 1 saturated heterocycles. The van der Waals surface area contributed by atoms with E-state index in [-0.39, 0.29) is 5.91 Å². The Bertz CT molecular complexity index is 785. The van der Waals surface area contributed by atoms with E-state index in [9.17, 15) is 4.79 Å². The third kappa shape index (κ3) is 5.73. The Balaban J connectivity index is 1.52. The number of benzene rings is 2. The number of piperidine rings is 1. The number of hydrogen-bond donors (Lipinski definition) is 1. The van der Waals surface area contributed by atoms with Gasteiger partial charge in [0.1, 0.15) is 0 Å². The topological polar surface area (TPSA) is 50.8 Å². The number of likely N-dealkylation sites (tertiary alicyclic amines) is 1. The number of methoxy groups -OCH3 is 2. The van der Waals surface area contributed by atoms with E-state index in [4.69, 9.17) is 9.47 Å². The summed E-state index contributed by atoms with van der Waals surface area (Å²) in [6.45, 7) is 3.29. The fourth-order valence-electron chi connectivity index (χ4n) is 3.64. The summed E-state index contributed by atoms with van der Waals surface area (Å²) < 4.78 is 10.6. The number of anilines is 1. The van der Waals surface area contributed by atoms with Crippen molar-refractivity contribution in [2.45, 2.75) is 38.6 Å². The maximum atomic E-state index is 12.4. The van der Waals surface area contributed by atoms with Gasteiger partial charge in [0, 0.05) is 18.7 Å². The summed E-state index contributed by atoms with van der Waals surface area (Å²) in [7, 11) is 3.23. The molecule has 0 aromatic heterocycles. The lowest BCUT2D eigenvalue weighted by molar-refractivity contribution is -0.116. The molecule has 1 amide bonds. The average molecular weight is 383 g/mol. The molecule has 0 unspecified atom stereocenters. The molecular weight excluding hydrogens is 352 g/mol. The predicted molar refractivity (Wildman–Crippen MR) is 112 cm³/mol. The molecule has 1 aliphatic rings. The van der Waals surface area contributed by atoms with E-state index in [1.807, 2.05) is 30.3 Å². The fraction of sp³-hybridized carbons (Fsp3) is 0.435. The zero-order valence-corrected chi connectivity index (χ0v) is 16.9.